The van der Waals surface area contributed by atoms with E-state index in [9.17, 15) is 0 Å². The topological polar surface area (TPSA) is 18.5 Å². The van der Waals surface area contributed by atoms with Crippen LogP contribution >= 0.6 is 0 Å². The lowest BCUT2D eigenvalue weighted by Crippen LogP contribution is -2.42. The van der Waals surface area contributed by atoms with Gasteiger partial charge in [-0.15, -0.1) is 0 Å². The van der Waals surface area contributed by atoms with Crippen LogP contribution in [0.4, 0.5) is 0 Å². The van der Waals surface area contributed by atoms with E-state index in [4.69, 9.17) is 8.85 Å². The molecule has 0 saturated carbocycles. The number of hydrogen-bond donors (Lipinski definition) is 0. The monoisotopic (exact) mass is 484 g/mol. The van der Waals surface area contributed by atoms with Gasteiger partial charge in [0.2, 0.25) is 0 Å². The van der Waals surface area contributed by atoms with E-state index in [1.54, 1.807) is 0 Å². The SMILES string of the molecule is CCCCCCCCCCCCC[Si](CCCCCCCCCCCCC)(OCC)OCC. The lowest BCUT2D eigenvalue weighted by Gasteiger charge is -2.30. The van der Waals surface area contributed by atoms with Crippen LogP contribution in [0.25, 0.3) is 0 Å². The molecule has 3 heteroatoms. The van der Waals surface area contributed by atoms with Crippen LogP contribution in [0, 0.1) is 0 Å². The van der Waals surface area contributed by atoms with Gasteiger partial charge >= 0.3 is 8.56 Å². The highest BCUT2D eigenvalue weighted by Gasteiger charge is 2.35. The van der Waals surface area contributed by atoms with E-state index < -0.39 is 8.56 Å². The van der Waals surface area contributed by atoms with Crippen LogP contribution in [-0.2, 0) is 8.85 Å². The number of rotatable bonds is 28. The molecule has 0 aromatic rings. The van der Waals surface area contributed by atoms with Gasteiger partial charge in [-0.2, -0.15) is 0 Å². The first-order chi connectivity index (χ1) is 16.2. The molecule has 0 atom stereocenters. The van der Waals surface area contributed by atoms with Crippen molar-refractivity contribution in [3.63, 3.8) is 0 Å². The second kappa shape index (κ2) is 26.7. The molecule has 0 aromatic carbocycles. The average Bonchev–Trinajstić information content (AvgIpc) is 2.81. The van der Waals surface area contributed by atoms with Gasteiger partial charge in [-0.1, -0.05) is 155 Å². The molecule has 0 spiro atoms. The van der Waals surface area contributed by atoms with Crippen molar-refractivity contribution in [1.82, 2.24) is 0 Å². The van der Waals surface area contributed by atoms with Crippen molar-refractivity contribution in [3.8, 4) is 0 Å². The van der Waals surface area contributed by atoms with Crippen LogP contribution in [0.15, 0.2) is 0 Å². The summed E-state index contributed by atoms with van der Waals surface area (Å²) < 4.78 is 12.7. The Balaban J connectivity index is 3.88. The minimum atomic E-state index is -1.98. The Hall–Kier alpha value is 0.137. The molecular weight excluding hydrogens is 420 g/mol. The third-order valence-electron chi connectivity index (χ3n) is 7.14. The van der Waals surface area contributed by atoms with Gasteiger partial charge in [0.05, 0.1) is 0 Å². The van der Waals surface area contributed by atoms with Crippen LogP contribution in [0.2, 0.25) is 12.1 Å². The second-order valence-electron chi connectivity index (χ2n) is 10.3. The van der Waals surface area contributed by atoms with E-state index in [0.29, 0.717) is 0 Å². The fraction of sp³-hybridized carbons (Fsp3) is 1.00. The molecule has 0 aliphatic rings. The lowest BCUT2D eigenvalue weighted by molar-refractivity contribution is 0.180. The summed E-state index contributed by atoms with van der Waals surface area (Å²) in [5, 5.41) is 0. The van der Waals surface area contributed by atoms with Crippen molar-refractivity contribution in [3.05, 3.63) is 0 Å². The molecule has 0 rings (SSSR count). The molecular formula is C30H64O2Si. The van der Waals surface area contributed by atoms with E-state index in [2.05, 4.69) is 27.7 Å². The van der Waals surface area contributed by atoms with Crippen molar-refractivity contribution in [1.29, 1.82) is 0 Å². The first-order valence-electron chi connectivity index (χ1n) is 15.5. The zero-order valence-electron chi connectivity index (χ0n) is 23.7. The zero-order valence-corrected chi connectivity index (χ0v) is 24.7. The molecule has 0 radical (unpaired) electrons. The van der Waals surface area contributed by atoms with E-state index in [1.807, 2.05) is 0 Å². The molecule has 2 nitrogen and oxygen atoms in total. The van der Waals surface area contributed by atoms with Crippen molar-refractivity contribution in [2.24, 2.45) is 0 Å². The van der Waals surface area contributed by atoms with Gasteiger partial charge in [0.1, 0.15) is 0 Å². The molecule has 0 unspecified atom stereocenters. The quantitative estimate of drug-likeness (QED) is 0.0811. The third kappa shape index (κ3) is 22.4. The van der Waals surface area contributed by atoms with Gasteiger partial charge in [-0.25, -0.2) is 0 Å². The maximum absolute atomic E-state index is 6.37. The number of unbranched alkanes of at least 4 members (excludes halogenated alkanes) is 20. The smallest absolute Gasteiger partial charge is 0.338 e. The summed E-state index contributed by atoms with van der Waals surface area (Å²) in [6.45, 7) is 10.5. The average molecular weight is 485 g/mol. The summed E-state index contributed by atoms with van der Waals surface area (Å²) in [5.74, 6) is 0. The van der Waals surface area contributed by atoms with Gasteiger partial charge in [0, 0.05) is 13.2 Å². The summed E-state index contributed by atoms with van der Waals surface area (Å²) in [7, 11) is -1.98. The van der Waals surface area contributed by atoms with Crippen molar-refractivity contribution >= 4 is 8.56 Å². The normalized spacial score (nSPS) is 12.0. The molecule has 0 aliphatic carbocycles. The van der Waals surface area contributed by atoms with Crippen LogP contribution in [-0.4, -0.2) is 21.8 Å². The van der Waals surface area contributed by atoms with E-state index >= 15 is 0 Å². The van der Waals surface area contributed by atoms with Crippen LogP contribution in [0.5, 0.6) is 0 Å². The van der Waals surface area contributed by atoms with Gasteiger partial charge in [-0.3, -0.25) is 0 Å². The summed E-state index contributed by atoms with van der Waals surface area (Å²) in [6, 6.07) is 2.42. The Kier molecular flexibility index (Phi) is 26.8. The summed E-state index contributed by atoms with van der Waals surface area (Å²) in [4.78, 5) is 0. The summed E-state index contributed by atoms with van der Waals surface area (Å²) >= 11 is 0. The fourth-order valence-corrected chi connectivity index (χ4v) is 8.64. The molecule has 0 heterocycles. The minimum absolute atomic E-state index is 0.822. The first-order valence-corrected chi connectivity index (χ1v) is 17.8. The maximum atomic E-state index is 6.37. The van der Waals surface area contributed by atoms with Gasteiger partial charge in [-0.05, 0) is 25.9 Å². The maximum Gasteiger partial charge on any atom is 0.338 e. The Labute approximate surface area is 211 Å². The largest absolute Gasteiger partial charge is 0.394 e. The van der Waals surface area contributed by atoms with Crippen molar-refractivity contribution < 1.29 is 8.85 Å². The van der Waals surface area contributed by atoms with E-state index in [0.717, 1.165) is 13.2 Å². The fourth-order valence-electron chi connectivity index (χ4n) is 5.10. The molecule has 0 fully saturated rings. The highest BCUT2D eigenvalue weighted by molar-refractivity contribution is 6.67. The number of hydrogen-bond acceptors (Lipinski definition) is 2. The molecule has 0 N–H and O–H groups in total. The Morgan fingerprint density at radius 2 is 0.576 bits per heavy atom. The standard InChI is InChI=1S/C30H64O2Si/c1-5-9-11-13-15-17-19-21-23-25-27-29-33(31-7-3,32-8-4)30-28-26-24-22-20-18-16-14-12-10-6-2/h5-30H2,1-4H3. The van der Waals surface area contributed by atoms with Gasteiger partial charge in [0.15, 0.2) is 0 Å². The summed E-state index contributed by atoms with van der Waals surface area (Å²) in [5.41, 5.74) is 0. The molecule has 0 bridgehead atoms. The van der Waals surface area contributed by atoms with Gasteiger partial charge < -0.3 is 8.85 Å². The third-order valence-corrected chi connectivity index (χ3v) is 11.0. The van der Waals surface area contributed by atoms with Crippen LogP contribution in [0.1, 0.15) is 169 Å². The molecule has 0 aliphatic heterocycles. The van der Waals surface area contributed by atoms with Crippen molar-refractivity contribution in [2.45, 2.75) is 181 Å². The lowest BCUT2D eigenvalue weighted by atomic mass is 10.1. The predicted octanol–water partition coefficient (Wildman–Crippen LogP) is 11.1. The Morgan fingerprint density at radius 1 is 0.333 bits per heavy atom. The minimum Gasteiger partial charge on any atom is -0.394 e. The highest BCUT2D eigenvalue weighted by Crippen LogP contribution is 2.26. The predicted molar refractivity (Wildman–Crippen MR) is 152 cm³/mol. The van der Waals surface area contributed by atoms with E-state index in [-0.39, 0.29) is 0 Å². The molecule has 200 valence electrons. The van der Waals surface area contributed by atoms with Gasteiger partial charge in [0.25, 0.3) is 0 Å². The second-order valence-corrected chi connectivity index (χ2v) is 13.7. The molecule has 0 saturated heterocycles. The molecule has 33 heavy (non-hydrogen) atoms. The van der Waals surface area contributed by atoms with Crippen molar-refractivity contribution in [2.75, 3.05) is 13.2 Å². The Morgan fingerprint density at radius 3 is 0.818 bits per heavy atom. The Bertz CT molecular complexity index is 327. The zero-order chi connectivity index (χ0) is 24.3. The van der Waals surface area contributed by atoms with E-state index in [1.165, 1.54) is 153 Å². The van der Waals surface area contributed by atoms with Crippen LogP contribution in [0.3, 0.4) is 0 Å². The molecule has 0 amide bonds. The first kappa shape index (κ1) is 33.1. The van der Waals surface area contributed by atoms with Crippen LogP contribution < -0.4 is 0 Å². The molecule has 0 aromatic heterocycles. The summed E-state index contributed by atoms with van der Waals surface area (Å²) in [6.07, 6.45) is 31.0. The highest BCUT2D eigenvalue weighted by atomic mass is 28.4.